The van der Waals surface area contributed by atoms with Gasteiger partial charge >= 0.3 is 5.97 Å². The number of aryl methyl sites for hydroxylation is 1. The van der Waals surface area contributed by atoms with Crippen molar-refractivity contribution in [1.82, 2.24) is 5.32 Å². The van der Waals surface area contributed by atoms with Gasteiger partial charge in [-0.05, 0) is 44.2 Å². The van der Waals surface area contributed by atoms with Crippen LogP contribution in [0.3, 0.4) is 0 Å². The molecule has 108 valence electrons. The molecule has 1 saturated heterocycles. The van der Waals surface area contributed by atoms with E-state index in [1.54, 1.807) is 0 Å². The van der Waals surface area contributed by atoms with Gasteiger partial charge in [-0.25, -0.2) is 0 Å². The molecule has 2 aliphatic heterocycles. The standard InChI is InChI=1S/C16H21NO3/c1-10-5-6-15-11(7-10)8-13(20-15)9-12-3-2-4-14(17-12)16(18)19/h5-7,12-14,17H,2-4,8-9H2,1H3,(H,18,19). The quantitative estimate of drug-likeness (QED) is 0.888. The van der Waals surface area contributed by atoms with Crippen LogP contribution in [-0.2, 0) is 11.2 Å². The van der Waals surface area contributed by atoms with Crippen LogP contribution >= 0.6 is 0 Å². The number of carboxylic acid groups (broad SMARTS) is 1. The molecular weight excluding hydrogens is 254 g/mol. The van der Waals surface area contributed by atoms with E-state index in [1.165, 1.54) is 11.1 Å². The van der Waals surface area contributed by atoms with E-state index >= 15 is 0 Å². The average molecular weight is 275 g/mol. The van der Waals surface area contributed by atoms with Gasteiger partial charge in [-0.15, -0.1) is 0 Å². The highest BCUT2D eigenvalue weighted by Crippen LogP contribution is 2.32. The SMILES string of the molecule is Cc1ccc2c(c1)CC(CC1CCCC(C(=O)O)N1)O2. The van der Waals surface area contributed by atoms with Crippen molar-refractivity contribution in [2.24, 2.45) is 0 Å². The van der Waals surface area contributed by atoms with Crippen LogP contribution in [0.15, 0.2) is 18.2 Å². The molecule has 2 aliphatic rings. The third-order valence-corrected chi connectivity index (χ3v) is 4.28. The molecule has 1 aromatic carbocycles. The van der Waals surface area contributed by atoms with Gasteiger partial charge in [0.1, 0.15) is 17.9 Å². The maximum atomic E-state index is 11.1. The Morgan fingerprint density at radius 1 is 1.45 bits per heavy atom. The Morgan fingerprint density at radius 2 is 2.30 bits per heavy atom. The van der Waals surface area contributed by atoms with Crippen molar-refractivity contribution in [2.45, 2.75) is 57.2 Å². The van der Waals surface area contributed by atoms with Gasteiger partial charge < -0.3 is 15.2 Å². The van der Waals surface area contributed by atoms with Crippen LogP contribution in [0, 0.1) is 6.92 Å². The number of piperidine rings is 1. The second-order valence-corrected chi connectivity index (χ2v) is 5.98. The number of ether oxygens (including phenoxy) is 1. The normalized spacial score (nSPS) is 28.8. The fraction of sp³-hybridized carbons (Fsp3) is 0.562. The zero-order valence-electron chi connectivity index (χ0n) is 11.8. The minimum atomic E-state index is -0.735. The monoisotopic (exact) mass is 275 g/mol. The van der Waals surface area contributed by atoms with Gasteiger partial charge in [-0.1, -0.05) is 17.7 Å². The molecule has 3 atom stereocenters. The van der Waals surface area contributed by atoms with E-state index in [9.17, 15) is 4.79 Å². The number of hydrogen-bond donors (Lipinski definition) is 2. The fourth-order valence-electron chi connectivity index (χ4n) is 3.30. The first-order chi connectivity index (χ1) is 9.61. The Labute approximate surface area is 119 Å². The zero-order valence-corrected chi connectivity index (χ0v) is 11.8. The summed E-state index contributed by atoms with van der Waals surface area (Å²) in [6.07, 6.45) is 4.75. The van der Waals surface area contributed by atoms with Gasteiger partial charge in [0.2, 0.25) is 0 Å². The zero-order chi connectivity index (χ0) is 14.1. The van der Waals surface area contributed by atoms with E-state index in [0.717, 1.165) is 37.9 Å². The van der Waals surface area contributed by atoms with Gasteiger partial charge in [-0.3, -0.25) is 4.79 Å². The van der Waals surface area contributed by atoms with Crippen molar-refractivity contribution in [1.29, 1.82) is 0 Å². The van der Waals surface area contributed by atoms with Crippen molar-refractivity contribution < 1.29 is 14.6 Å². The molecular formula is C16H21NO3. The number of nitrogens with one attached hydrogen (secondary N) is 1. The summed E-state index contributed by atoms with van der Waals surface area (Å²) in [5.41, 5.74) is 2.54. The molecule has 20 heavy (non-hydrogen) atoms. The molecule has 4 heteroatoms. The summed E-state index contributed by atoms with van der Waals surface area (Å²) in [6.45, 7) is 2.09. The molecule has 1 fully saturated rings. The van der Waals surface area contributed by atoms with E-state index in [0.29, 0.717) is 0 Å². The lowest BCUT2D eigenvalue weighted by atomic mass is 9.93. The van der Waals surface area contributed by atoms with Crippen LogP contribution in [0.2, 0.25) is 0 Å². The third-order valence-electron chi connectivity index (χ3n) is 4.28. The molecule has 3 rings (SSSR count). The molecule has 2 N–H and O–H groups in total. The number of benzene rings is 1. The van der Waals surface area contributed by atoms with Gasteiger partial charge in [-0.2, -0.15) is 0 Å². The highest BCUT2D eigenvalue weighted by molar-refractivity contribution is 5.73. The predicted octanol–water partition coefficient (Wildman–Crippen LogP) is 2.28. The van der Waals surface area contributed by atoms with Crippen LogP contribution < -0.4 is 10.1 Å². The summed E-state index contributed by atoms with van der Waals surface area (Å²) >= 11 is 0. The number of carbonyl (C=O) groups is 1. The first-order valence-electron chi connectivity index (χ1n) is 7.37. The van der Waals surface area contributed by atoms with Crippen molar-refractivity contribution >= 4 is 5.97 Å². The lowest BCUT2D eigenvalue weighted by Gasteiger charge is -2.30. The largest absolute Gasteiger partial charge is 0.490 e. The Balaban J connectivity index is 1.59. The first-order valence-corrected chi connectivity index (χ1v) is 7.37. The van der Waals surface area contributed by atoms with Crippen LogP contribution in [0.25, 0.3) is 0 Å². The lowest BCUT2D eigenvalue weighted by molar-refractivity contribution is -0.140. The molecule has 0 radical (unpaired) electrons. The van der Waals surface area contributed by atoms with Crippen molar-refractivity contribution in [3.05, 3.63) is 29.3 Å². The van der Waals surface area contributed by atoms with Gasteiger partial charge in [0.05, 0.1) is 0 Å². The van der Waals surface area contributed by atoms with E-state index in [1.807, 2.05) is 6.07 Å². The summed E-state index contributed by atoms with van der Waals surface area (Å²) in [6, 6.07) is 6.16. The second kappa shape index (κ2) is 5.44. The Morgan fingerprint density at radius 3 is 3.10 bits per heavy atom. The lowest BCUT2D eigenvalue weighted by Crippen LogP contribution is -2.48. The summed E-state index contributed by atoms with van der Waals surface area (Å²) in [4.78, 5) is 11.1. The number of rotatable bonds is 3. The van der Waals surface area contributed by atoms with Crippen LogP contribution in [0.4, 0.5) is 0 Å². The number of carboxylic acids is 1. The molecule has 0 aliphatic carbocycles. The van der Waals surface area contributed by atoms with E-state index in [4.69, 9.17) is 9.84 Å². The van der Waals surface area contributed by atoms with Crippen LogP contribution in [0.5, 0.6) is 5.75 Å². The van der Waals surface area contributed by atoms with Crippen molar-refractivity contribution in [3.63, 3.8) is 0 Å². The van der Waals surface area contributed by atoms with E-state index < -0.39 is 5.97 Å². The minimum Gasteiger partial charge on any atom is -0.490 e. The maximum absolute atomic E-state index is 11.1. The van der Waals surface area contributed by atoms with Crippen molar-refractivity contribution in [2.75, 3.05) is 0 Å². The van der Waals surface area contributed by atoms with Gasteiger partial charge in [0.25, 0.3) is 0 Å². The third kappa shape index (κ3) is 2.80. The van der Waals surface area contributed by atoms with Crippen molar-refractivity contribution in [3.8, 4) is 5.75 Å². The van der Waals surface area contributed by atoms with Gasteiger partial charge in [0.15, 0.2) is 0 Å². The highest BCUT2D eigenvalue weighted by Gasteiger charge is 2.30. The Hall–Kier alpha value is -1.55. The van der Waals surface area contributed by atoms with Crippen LogP contribution in [0.1, 0.15) is 36.8 Å². The smallest absolute Gasteiger partial charge is 0.320 e. The van der Waals surface area contributed by atoms with E-state index in [2.05, 4.69) is 24.4 Å². The summed E-state index contributed by atoms with van der Waals surface area (Å²) in [5.74, 6) is 0.257. The molecule has 1 aromatic rings. The highest BCUT2D eigenvalue weighted by atomic mass is 16.5. The van der Waals surface area contributed by atoms with Crippen LogP contribution in [-0.4, -0.2) is 29.3 Å². The minimum absolute atomic E-state index is 0.178. The van der Waals surface area contributed by atoms with Gasteiger partial charge in [0, 0.05) is 12.5 Å². The summed E-state index contributed by atoms with van der Waals surface area (Å²) in [5, 5.41) is 12.3. The Bertz CT molecular complexity index is 514. The fourth-order valence-corrected chi connectivity index (χ4v) is 3.30. The molecule has 4 nitrogen and oxygen atoms in total. The average Bonchev–Trinajstić information content (AvgIpc) is 2.80. The topological polar surface area (TPSA) is 58.6 Å². The van der Waals surface area contributed by atoms with E-state index in [-0.39, 0.29) is 18.2 Å². The molecule has 0 aromatic heterocycles. The second-order valence-electron chi connectivity index (χ2n) is 5.98. The number of fused-ring (bicyclic) bond motifs is 1. The molecule has 0 amide bonds. The predicted molar refractivity (Wildman–Crippen MR) is 76.1 cm³/mol. The summed E-state index contributed by atoms with van der Waals surface area (Å²) < 4.78 is 5.97. The molecule has 3 unspecified atom stereocenters. The first kappa shape index (κ1) is 13.4. The number of hydrogen-bond acceptors (Lipinski definition) is 3. The number of aliphatic carboxylic acids is 1. The summed E-state index contributed by atoms with van der Waals surface area (Å²) in [7, 11) is 0. The Kier molecular flexibility index (Phi) is 3.66. The molecule has 0 spiro atoms. The molecule has 0 bridgehead atoms. The molecule has 2 heterocycles. The molecule has 0 saturated carbocycles. The maximum Gasteiger partial charge on any atom is 0.320 e.